The SMILES string of the molecule is Clc1ccc2nccc(NCCCCCN3CCOCC3)c2c1.O=CO.O=CO. The lowest BCUT2D eigenvalue weighted by Crippen LogP contribution is -2.36. The van der Waals surface area contributed by atoms with Crippen LogP contribution in [0.2, 0.25) is 5.02 Å². The molecule has 3 rings (SSSR count). The molecule has 3 N–H and O–H groups in total. The van der Waals surface area contributed by atoms with Gasteiger partial charge in [0.25, 0.3) is 12.9 Å². The van der Waals surface area contributed by atoms with E-state index >= 15 is 0 Å². The first-order chi connectivity index (χ1) is 14.2. The van der Waals surface area contributed by atoms with Crippen LogP contribution in [0.5, 0.6) is 0 Å². The highest BCUT2D eigenvalue weighted by molar-refractivity contribution is 6.31. The summed E-state index contributed by atoms with van der Waals surface area (Å²) in [5.74, 6) is 0. The van der Waals surface area contributed by atoms with Gasteiger partial charge in [0.05, 0.1) is 18.7 Å². The Hall–Kier alpha value is -2.42. The van der Waals surface area contributed by atoms with Gasteiger partial charge in [-0.2, -0.15) is 0 Å². The number of fused-ring (bicyclic) bond motifs is 1. The second kappa shape index (κ2) is 15.5. The molecule has 1 aliphatic heterocycles. The zero-order valence-corrected chi connectivity index (χ0v) is 17.1. The molecule has 0 radical (unpaired) electrons. The van der Waals surface area contributed by atoms with Crippen molar-refractivity contribution in [2.75, 3.05) is 44.7 Å². The Morgan fingerprint density at radius 2 is 1.79 bits per heavy atom. The van der Waals surface area contributed by atoms with Crippen molar-refractivity contribution in [2.24, 2.45) is 0 Å². The van der Waals surface area contributed by atoms with E-state index in [0.717, 1.165) is 54.5 Å². The summed E-state index contributed by atoms with van der Waals surface area (Å²) in [6, 6.07) is 7.84. The molecule has 1 aliphatic rings. The maximum absolute atomic E-state index is 8.36. The quantitative estimate of drug-likeness (QED) is 0.458. The van der Waals surface area contributed by atoms with Crippen LogP contribution in [0.1, 0.15) is 19.3 Å². The summed E-state index contributed by atoms with van der Waals surface area (Å²) in [5, 5.41) is 19.1. The van der Waals surface area contributed by atoms with E-state index in [4.69, 9.17) is 36.1 Å². The fraction of sp³-hybridized carbons (Fsp3) is 0.450. The Morgan fingerprint density at radius 3 is 2.48 bits per heavy atom. The molecule has 29 heavy (non-hydrogen) atoms. The molecule has 0 saturated carbocycles. The van der Waals surface area contributed by atoms with Crippen molar-refractivity contribution in [1.82, 2.24) is 9.88 Å². The Balaban J connectivity index is 0.000000626. The molecule has 2 aromatic rings. The summed E-state index contributed by atoms with van der Waals surface area (Å²) in [6.07, 6.45) is 5.52. The van der Waals surface area contributed by atoms with Gasteiger partial charge in [-0.05, 0) is 43.7 Å². The van der Waals surface area contributed by atoms with E-state index in [1.165, 1.54) is 25.8 Å². The molecule has 8 nitrogen and oxygen atoms in total. The van der Waals surface area contributed by atoms with Gasteiger partial charge in [0.15, 0.2) is 0 Å². The van der Waals surface area contributed by atoms with Crippen LogP contribution < -0.4 is 5.32 Å². The third kappa shape index (κ3) is 10.1. The van der Waals surface area contributed by atoms with Gasteiger partial charge in [-0.1, -0.05) is 18.0 Å². The number of carboxylic acid groups (broad SMARTS) is 2. The number of morpholine rings is 1. The fourth-order valence-corrected chi connectivity index (χ4v) is 3.13. The van der Waals surface area contributed by atoms with Crippen LogP contribution in [0.3, 0.4) is 0 Å². The topological polar surface area (TPSA) is 112 Å². The Kier molecular flexibility index (Phi) is 13.2. The van der Waals surface area contributed by atoms with Gasteiger partial charge >= 0.3 is 0 Å². The first kappa shape index (κ1) is 24.6. The summed E-state index contributed by atoms with van der Waals surface area (Å²) in [5.41, 5.74) is 2.09. The summed E-state index contributed by atoms with van der Waals surface area (Å²) in [6.45, 7) is 5.62. The van der Waals surface area contributed by atoms with Crippen LogP contribution in [-0.2, 0) is 14.3 Å². The van der Waals surface area contributed by atoms with E-state index in [1.807, 2.05) is 30.5 Å². The van der Waals surface area contributed by atoms with Gasteiger partial charge in [-0.25, -0.2) is 0 Å². The number of rotatable bonds is 7. The lowest BCUT2D eigenvalue weighted by molar-refractivity contribution is -0.123. The summed E-state index contributed by atoms with van der Waals surface area (Å²) < 4.78 is 5.37. The smallest absolute Gasteiger partial charge is 0.290 e. The van der Waals surface area contributed by atoms with Crippen LogP contribution in [0.15, 0.2) is 30.5 Å². The van der Waals surface area contributed by atoms with Gasteiger partial charge in [0, 0.05) is 41.9 Å². The normalized spacial score (nSPS) is 13.4. The summed E-state index contributed by atoms with van der Waals surface area (Å²) >= 11 is 6.10. The van der Waals surface area contributed by atoms with E-state index in [2.05, 4.69) is 15.2 Å². The molecule has 0 spiro atoms. The molecule has 0 bridgehead atoms. The number of hydrogen-bond acceptors (Lipinski definition) is 6. The van der Waals surface area contributed by atoms with Gasteiger partial charge < -0.3 is 20.3 Å². The number of nitrogens with one attached hydrogen (secondary N) is 1. The number of unbranched alkanes of at least 4 members (excludes halogenated alkanes) is 2. The number of aromatic nitrogens is 1. The maximum atomic E-state index is 8.36. The van der Waals surface area contributed by atoms with E-state index in [-0.39, 0.29) is 12.9 Å². The number of halogens is 1. The molecule has 160 valence electrons. The molecule has 1 fully saturated rings. The summed E-state index contributed by atoms with van der Waals surface area (Å²) in [4.78, 5) is 23.6. The molecule has 9 heteroatoms. The van der Waals surface area contributed by atoms with Crippen molar-refractivity contribution >= 4 is 41.1 Å². The maximum Gasteiger partial charge on any atom is 0.290 e. The van der Waals surface area contributed by atoms with Crippen molar-refractivity contribution in [3.05, 3.63) is 35.5 Å². The number of benzene rings is 1. The largest absolute Gasteiger partial charge is 0.483 e. The van der Waals surface area contributed by atoms with Crippen molar-refractivity contribution in [1.29, 1.82) is 0 Å². The monoisotopic (exact) mass is 425 g/mol. The number of ether oxygens (including phenoxy) is 1. The molecule has 0 aliphatic carbocycles. The zero-order chi connectivity index (χ0) is 21.3. The Labute approximate surface area is 175 Å². The molecule has 0 amide bonds. The van der Waals surface area contributed by atoms with Gasteiger partial charge in [-0.3, -0.25) is 19.5 Å². The third-order valence-electron chi connectivity index (χ3n) is 4.27. The molecule has 0 unspecified atom stereocenters. The highest BCUT2D eigenvalue weighted by Crippen LogP contribution is 2.24. The molecule has 1 aromatic carbocycles. The second-order valence-corrected chi connectivity index (χ2v) is 6.61. The lowest BCUT2D eigenvalue weighted by Gasteiger charge is -2.26. The molecule has 1 saturated heterocycles. The predicted octanol–water partition coefficient (Wildman–Crippen LogP) is 3.20. The predicted molar refractivity (Wildman–Crippen MR) is 114 cm³/mol. The van der Waals surface area contributed by atoms with Crippen LogP contribution in [0.4, 0.5) is 5.69 Å². The van der Waals surface area contributed by atoms with Crippen molar-refractivity contribution in [2.45, 2.75) is 19.3 Å². The average molecular weight is 426 g/mol. The number of anilines is 1. The van der Waals surface area contributed by atoms with Gasteiger partial charge in [0.1, 0.15) is 0 Å². The van der Waals surface area contributed by atoms with Crippen LogP contribution in [-0.4, -0.2) is 72.4 Å². The molecule has 2 heterocycles. The van der Waals surface area contributed by atoms with Crippen molar-refractivity contribution in [3.63, 3.8) is 0 Å². The van der Waals surface area contributed by atoms with Crippen LogP contribution in [0.25, 0.3) is 10.9 Å². The lowest BCUT2D eigenvalue weighted by atomic mass is 10.1. The number of carbonyl (C=O) groups is 2. The average Bonchev–Trinajstić information content (AvgIpc) is 2.73. The number of nitrogens with zero attached hydrogens (tertiary/aromatic N) is 2. The fourth-order valence-electron chi connectivity index (χ4n) is 2.96. The minimum Gasteiger partial charge on any atom is -0.483 e. The minimum absolute atomic E-state index is 0.250. The standard InChI is InChI=1S/C18H24ClN3O.2CH2O2/c19-15-4-5-17-16(14-15)18(6-8-21-17)20-7-2-1-3-9-22-10-12-23-13-11-22;2*2-1-3/h4-6,8,14H,1-3,7,9-13H2,(H,20,21);2*1H,(H,2,3). The highest BCUT2D eigenvalue weighted by atomic mass is 35.5. The molecular formula is C20H28ClN3O5. The van der Waals surface area contributed by atoms with Crippen molar-refractivity contribution < 1.29 is 24.5 Å². The highest BCUT2D eigenvalue weighted by Gasteiger charge is 2.09. The Morgan fingerprint density at radius 1 is 1.10 bits per heavy atom. The third-order valence-corrected chi connectivity index (χ3v) is 4.51. The van der Waals surface area contributed by atoms with E-state index < -0.39 is 0 Å². The molecule has 1 aromatic heterocycles. The zero-order valence-electron chi connectivity index (χ0n) is 16.3. The first-order valence-corrected chi connectivity index (χ1v) is 9.78. The minimum atomic E-state index is -0.250. The van der Waals surface area contributed by atoms with E-state index in [0.29, 0.717) is 0 Å². The van der Waals surface area contributed by atoms with E-state index in [9.17, 15) is 0 Å². The summed E-state index contributed by atoms with van der Waals surface area (Å²) in [7, 11) is 0. The Bertz CT molecular complexity index is 720. The molecular weight excluding hydrogens is 398 g/mol. The van der Waals surface area contributed by atoms with Crippen LogP contribution in [0, 0.1) is 0 Å². The number of hydrogen-bond donors (Lipinski definition) is 3. The van der Waals surface area contributed by atoms with Crippen LogP contribution >= 0.6 is 11.6 Å². The van der Waals surface area contributed by atoms with Crippen molar-refractivity contribution in [3.8, 4) is 0 Å². The first-order valence-electron chi connectivity index (χ1n) is 9.40. The van der Waals surface area contributed by atoms with E-state index in [1.54, 1.807) is 0 Å². The molecule has 0 atom stereocenters. The van der Waals surface area contributed by atoms with Gasteiger partial charge in [-0.15, -0.1) is 0 Å². The number of pyridine rings is 1. The second-order valence-electron chi connectivity index (χ2n) is 6.17. The van der Waals surface area contributed by atoms with Gasteiger partial charge in [0.2, 0.25) is 0 Å².